The summed E-state index contributed by atoms with van der Waals surface area (Å²) in [4.78, 5) is 38.4. The second-order valence-corrected chi connectivity index (χ2v) is 12.4. The third-order valence-corrected chi connectivity index (χ3v) is 8.65. The molecule has 0 bridgehead atoms. The molecule has 2 N–H and O–H groups in total. The van der Waals surface area contributed by atoms with Crippen molar-refractivity contribution in [3.05, 3.63) is 130 Å². The molecule has 5 aromatic rings. The van der Waals surface area contributed by atoms with Gasteiger partial charge in [-0.1, -0.05) is 102 Å². The van der Waals surface area contributed by atoms with E-state index in [1.807, 2.05) is 72.8 Å². The van der Waals surface area contributed by atoms with Crippen molar-refractivity contribution in [2.75, 3.05) is 13.7 Å². The number of methoxy groups -OCH3 is 1. The van der Waals surface area contributed by atoms with E-state index >= 15 is 0 Å². The molecule has 2 heterocycles. The first-order valence-electron chi connectivity index (χ1n) is 16.5. The van der Waals surface area contributed by atoms with Crippen molar-refractivity contribution < 1.29 is 19.2 Å². The summed E-state index contributed by atoms with van der Waals surface area (Å²) in [5.74, 6) is 0.248. The first-order chi connectivity index (χ1) is 23.8. The molecule has 0 saturated carbocycles. The lowest BCUT2D eigenvalue weighted by Crippen LogP contribution is -2.22. The Hall–Kier alpha value is -5.76. The van der Waals surface area contributed by atoms with Crippen LogP contribution in [-0.2, 0) is 25.6 Å². The van der Waals surface area contributed by atoms with E-state index in [9.17, 15) is 9.59 Å². The molecule has 6 rings (SSSR count). The van der Waals surface area contributed by atoms with Crippen LogP contribution in [0.1, 0.15) is 46.2 Å². The highest BCUT2D eigenvalue weighted by molar-refractivity contribution is 6.04. The lowest BCUT2D eigenvalue weighted by molar-refractivity contribution is -0.152. The average Bonchev–Trinajstić information content (AvgIpc) is 3.78. The summed E-state index contributed by atoms with van der Waals surface area (Å²) in [7, 11) is 1.34. The SMILES string of the molecule is COC(=O)C1CC(c2ccc(-c3nc(-c4c(C)cc(C)cc4C)[nH]c3-c3ccc(/C=C/C(=O)NCCCc4ccccc4)cc3)cc2)=NO1. The summed E-state index contributed by atoms with van der Waals surface area (Å²) in [5, 5.41) is 7.10. The van der Waals surface area contributed by atoms with Gasteiger partial charge in [-0.2, -0.15) is 0 Å². The van der Waals surface area contributed by atoms with Crippen LogP contribution in [0.25, 0.3) is 40.0 Å². The Morgan fingerprint density at radius 2 is 1.59 bits per heavy atom. The Kier molecular flexibility index (Phi) is 10.1. The number of oxime groups is 1. The molecule has 0 saturated heterocycles. The van der Waals surface area contributed by atoms with E-state index in [1.165, 1.54) is 18.2 Å². The van der Waals surface area contributed by atoms with Crippen molar-refractivity contribution in [1.82, 2.24) is 15.3 Å². The fourth-order valence-corrected chi connectivity index (χ4v) is 6.23. The van der Waals surface area contributed by atoms with Crippen molar-refractivity contribution in [2.45, 2.75) is 46.1 Å². The van der Waals surface area contributed by atoms with E-state index in [0.29, 0.717) is 18.7 Å². The fraction of sp³-hybridized carbons (Fsp3) is 0.220. The predicted molar refractivity (Wildman–Crippen MR) is 194 cm³/mol. The summed E-state index contributed by atoms with van der Waals surface area (Å²) in [6.45, 7) is 6.94. The number of benzene rings is 4. The van der Waals surface area contributed by atoms with Gasteiger partial charge in [0, 0.05) is 35.7 Å². The zero-order chi connectivity index (χ0) is 34.3. The van der Waals surface area contributed by atoms with Gasteiger partial charge >= 0.3 is 5.97 Å². The van der Waals surface area contributed by atoms with E-state index in [0.717, 1.165) is 69.0 Å². The maximum atomic E-state index is 12.5. The monoisotopic (exact) mass is 652 g/mol. The minimum absolute atomic E-state index is 0.110. The van der Waals surface area contributed by atoms with Crippen molar-refractivity contribution in [2.24, 2.45) is 5.16 Å². The van der Waals surface area contributed by atoms with E-state index in [2.05, 4.69) is 60.5 Å². The number of carbonyl (C=O) groups is 2. The van der Waals surface area contributed by atoms with Gasteiger partial charge in [0.25, 0.3) is 0 Å². The first-order valence-corrected chi connectivity index (χ1v) is 16.5. The normalized spacial score (nSPS) is 14.0. The highest BCUT2D eigenvalue weighted by Crippen LogP contribution is 2.36. The quantitative estimate of drug-likeness (QED) is 0.0862. The van der Waals surface area contributed by atoms with Gasteiger partial charge in [-0.05, 0) is 67.5 Å². The summed E-state index contributed by atoms with van der Waals surface area (Å²) < 4.78 is 4.80. The summed E-state index contributed by atoms with van der Waals surface area (Å²) in [6, 6.07) is 30.7. The number of aromatic nitrogens is 2. The molecule has 1 unspecified atom stereocenters. The number of hydrogen-bond donors (Lipinski definition) is 2. The van der Waals surface area contributed by atoms with Crippen LogP contribution in [0.4, 0.5) is 0 Å². The fourth-order valence-electron chi connectivity index (χ4n) is 6.23. The molecule has 8 nitrogen and oxygen atoms in total. The van der Waals surface area contributed by atoms with Gasteiger partial charge in [0.15, 0.2) is 0 Å². The van der Waals surface area contributed by atoms with Crippen molar-refractivity contribution in [3.63, 3.8) is 0 Å². The number of nitrogens with zero attached hydrogens (tertiary/aromatic N) is 2. The first kappa shape index (κ1) is 33.2. The lowest BCUT2D eigenvalue weighted by Gasteiger charge is -2.08. The number of amides is 1. The zero-order valence-electron chi connectivity index (χ0n) is 28.2. The van der Waals surface area contributed by atoms with E-state index < -0.39 is 12.1 Å². The smallest absolute Gasteiger partial charge is 0.350 e. The molecule has 1 aliphatic rings. The van der Waals surface area contributed by atoms with Crippen LogP contribution in [0, 0.1) is 20.8 Å². The number of rotatable bonds is 11. The number of aromatic amines is 1. The number of hydrogen-bond acceptors (Lipinski definition) is 6. The van der Waals surface area contributed by atoms with Crippen LogP contribution in [0.5, 0.6) is 0 Å². The summed E-state index contributed by atoms with van der Waals surface area (Å²) in [6.07, 6.45) is 4.85. The molecule has 0 spiro atoms. The van der Waals surface area contributed by atoms with Crippen molar-refractivity contribution in [3.8, 4) is 33.9 Å². The van der Waals surface area contributed by atoms with E-state index in [1.54, 1.807) is 6.08 Å². The van der Waals surface area contributed by atoms with Crippen LogP contribution in [-0.4, -0.2) is 47.3 Å². The third kappa shape index (κ3) is 7.87. The Labute approximate surface area is 286 Å². The summed E-state index contributed by atoms with van der Waals surface area (Å²) in [5.41, 5.74) is 11.9. The van der Waals surface area contributed by atoms with Crippen LogP contribution < -0.4 is 5.32 Å². The van der Waals surface area contributed by atoms with Gasteiger partial charge in [-0.15, -0.1) is 0 Å². The maximum Gasteiger partial charge on any atom is 0.350 e. The van der Waals surface area contributed by atoms with Gasteiger partial charge < -0.3 is 19.9 Å². The number of esters is 1. The summed E-state index contributed by atoms with van der Waals surface area (Å²) >= 11 is 0. The molecule has 1 aromatic heterocycles. The predicted octanol–water partition coefficient (Wildman–Crippen LogP) is 7.76. The molecule has 248 valence electrons. The molecule has 0 aliphatic carbocycles. The lowest BCUT2D eigenvalue weighted by atomic mass is 9.99. The average molecular weight is 653 g/mol. The number of imidazole rings is 1. The van der Waals surface area contributed by atoms with Gasteiger partial charge in [0.2, 0.25) is 12.0 Å². The van der Waals surface area contributed by atoms with E-state index in [-0.39, 0.29) is 5.91 Å². The van der Waals surface area contributed by atoms with Gasteiger partial charge in [-0.25, -0.2) is 9.78 Å². The maximum absolute atomic E-state index is 12.5. The number of ether oxygens (including phenoxy) is 1. The Balaban J connectivity index is 1.22. The molecule has 1 atom stereocenters. The third-order valence-electron chi connectivity index (χ3n) is 8.65. The molecular formula is C41H40N4O4. The molecular weight excluding hydrogens is 612 g/mol. The van der Waals surface area contributed by atoms with Crippen LogP contribution in [0.3, 0.4) is 0 Å². The second kappa shape index (κ2) is 15.0. The molecule has 1 aliphatic heterocycles. The highest BCUT2D eigenvalue weighted by Gasteiger charge is 2.29. The molecule has 0 fully saturated rings. The van der Waals surface area contributed by atoms with E-state index in [4.69, 9.17) is 14.6 Å². The zero-order valence-corrected chi connectivity index (χ0v) is 28.2. The van der Waals surface area contributed by atoms with Crippen molar-refractivity contribution in [1.29, 1.82) is 0 Å². The molecule has 49 heavy (non-hydrogen) atoms. The number of carbonyl (C=O) groups excluding carboxylic acids is 2. The standard InChI is InChI=1S/C41H40N4O4/c1-26-23-27(2)37(28(3)24-26)40-43-38(39(44-40)33-19-17-31(18-20-33)34-25-35(49-45-34)41(47)48-4)32-15-12-30(13-16-32)14-21-36(46)42-22-8-11-29-9-6-5-7-10-29/h5-7,9-10,12-21,23-24,35H,8,11,22,25H2,1-4H3,(H,42,46)(H,43,44)/b21-14+. The molecule has 1 amide bonds. The van der Waals surface area contributed by atoms with Crippen LogP contribution >= 0.6 is 0 Å². The highest BCUT2D eigenvalue weighted by atomic mass is 16.7. The van der Waals surface area contributed by atoms with Gasteiger partial charge in [0.1, 0.15) is 5.82 Å². The topological polar surface area (TPSA) is 106 Å². The Bertz CT molecular complexity index is 1990. The minimum atomic E-state index is -0.724. The number of nitrogens with one attached hydrogen (secondary N) is 2. The Morgan fingerprint density at radius 3 is 2.29 bits per heavy atom. The minimum Gasteiger partial charge on any atom is -0.466 e. The number of aryl methyl sites for hydroxylation is 4. The molecule has 4 aromatic carbocycles. The Morgan fingerprint density at radius 1 is 0.918 bits per heavy atom. The van der Waals surface area contributed by atoms with Gasteiger partial charge in [0.05, 0.1) is 24.2 Å². The van der Waals surface area contributed by atoms with Gasteiger partial charge in [-0.3, -0.25) is 4.79 Å². The van der Waals surface area contributed by atoms with Crippen LogP contribution in [0.15, 0.2) is 102 Å². The van der Waals surface area contributed by atoms with Crippen LogP contribution in [0.2, 0.25) is 0 Å². The van der Waals surface area contributed by atoms with Crippen molar-refractivity contribution >= 4 is 23.7 Å². The second-order valence-electron chi connectivity index (χ2n) is 12.4. The largest absolute Gasteiger partial charge is 0.466 e. The molecule has 0 radical (unpaired) electrons. The molecule has 8 heteroatoms. The number of H-pyrrole nitrogens is 1.